The highest BCUT2D eigenvalue weighted by Crippen LogP contribution is 2.31. The first-order valence-electron chi connectivity index (χ1n) is 7.88. The fourth-order valence-corrected chi connectivity index (χ4v) is 3.21. The molecule has 0 N–H and O–H groups in total. The maximum Gasteiger partial charge on any atom is 0.422 e. The van der Waals surface area contributed by atoms with Crippen molar-refractivity contribution >= 4 is 45.7 Å². The zero-order chi connectivity index (χ0) is 18.7. The van der Waals surface area contributed by atoms with E-state index in [1.807, 2.05) is 0 Å². The van der Waals surface area contributed by atoms with Gasteiger partial charge in [0.15, 0.2) is 0 Å². The summed E-state index contributed by atoms with van der Waals surface area (Å²) in [4.78, 5) is 23.9. The van der Waals surface area contributed by atoms with Gasteiger partial charge in [-0.3, -0.25) is 4.57 Å². The number of aromatic nitrogens is 1. The van der Waals surface area contributed by atoms with Crippen LogP contribution in [0.3, 0.4) is 0 Å². The molecule has 0 radical (unpaired) electrons. The van der Waals surface area contributed by atoms with Gasteiger partial charge in [-0.25, -0.2) is 9.59 Å². The molecule has 136 valence electrons. The number of fused-ring (bicyclic) bond motifs is 1. The predicted molar refractivity (Wildman–Crippen MR) is 103 cm³/mol. The molecular weight excluding hydrogens is 401 g/mol. The number of rotatable bonds is 6. The Morgan fingerprint density at radius 3 is 2.50 bits per heavy atom. The largest absolute Gasteiger partial charge is 0.492 e. The van der Waals surface area contributed by atoms with Crippen molar-refractivity contribution in [3.63, 3.8) is 0 Å². The van der Waals surface area contributed by atoms with Gasteiger partial charge in [-0.2, -0.15) is 0 Å². The van der Waals surface area contributed by atoms with Gasteiger partial charge in [0.25, 0.3) is 0 Å². The second kappa shape index (κ2) is 8.16. The Bertz CT molecular complexity index is 1060. The van der Waals surface area contributed by atoms with Crippen molar-refractivity contribution in [3.05, 3.63) is 72.4 Å². The molecule has 0 aliphatic heterocycles. The summed E-state index contributed by atoms with van der Waals surface area (Å²) in [5.41, 5.74) is -0.308. The average Bonchev–Trinajstić information content (AvgIpc) is 2.61. The zero-order valence-electron chi connectivity index (χ0n) is 13.5. The molecule has 0 saturated heterocycles. The van der Waals surface area contributed by atoms with Crippen LogP contribution in [0.2, 0.25) is 15.1 Å². The van der Waals surface area contributed by atoms with Gasteiger partial charge in [0.05, 0.1) is 27.6 Å². The number of halogens is 3. The van der Waals surface area contributed by atoms with Crippen LogP contribution >= 0.6 is 34.8 Å². The summed E-state index contributed by atoms with van der Waals surface area (Å²) in [6.45, 7) is 0.743. The van der Waals surface area contributed by atoms with Gasteiger partial charge in [0.1, 0.15) is 10.8 Å². The molecule has 0 fully saturated rings. The van der Waals surface area contributed by atoms with E-state index < -0.39 is 11.4 Å². The summed E-state index contributed by atoms with van der Waals surface area (Å²) < 4.78 is 11.7. The highest BCUT2D eigenvalue weighted by atomic mass is 35.5. The van der Waals surface area contributed by atoms with Crippen LogP contribution in [0.25, 0.3) is 10.9 Å². The van der Waals surface area contributed by atoms with E-state index in [1.54, 1.807) is 36.4 Å². The van der Waals surface area contributed by atoms with E-state index in [0.29, 0.717) is 52.3 Å². The molecule has 1 aromatic heterocycles. The van der Waals surface area contributed by atoms with E-state index in [1.165, 1.54) is 4.57 Å². The fraction of sp³-hybridized carbons (Fsp3) is 0.222. The summed E-state index contributed by atoms with van der Waals surface area (Å²) in [5.74, 6) is -0.218. The van der Waals surface area contributed by atoms with E-state index in [9.17, 15) is 9.59 Å². The third kappa shape index (κ3) is 3.90. The lowest BCUT2D eigenvalue weighted by Gasteiger charge is -2.11. The summed E-state index contributed by atoms with van der Waals surface area (Å²) in [5, 5.41) is 1.40. The number of hydrogen-bond acceptors (Lipinski definition) is 4. The van der Waals surface area contributed by atoms with Gasteiger partial charge in [0.2, 0.25) is 0 Å². The van der Waals surface area contributed by atoms with Crippen LogP contribution in [-0.2, 0) is 6.54 Å². The lowest BCUT2D eigenvalue weighted by molar-refractivity contribution is 0.301. The normalized spacial score (nSPS) is 11.0. The van der Waals surface area contributed by atoms with E-state index in [4.69, 9.17) is 44.0 Å². The Kier molecular flexibility index (Phi) is 5.91. The molecule has 2 aromatic carbocycles. The number of aryl methyl sites for hydroxylation is 1. The second-order valence-electron chi connectivity index (χ2n) is 5.55. The molecule has 8 heteroatoms. The quantitative estimate of drug-likeness (QED) is 0.545. The van der Waals surface area contributed by atoms with Crippen LogP contribution in [0, 0.1) is 0 Å². The number of ether oxygens (including phenoxy) is 1. The molecule has 0 amide bonds. The van der Waals surface area contributed by atoms with Crippen molar-refractivity contribution in [1.29, 1.82) is 0 Å². The van der Waals surface area contributed by atoms with Gasteiger partial charge >= 0.3 is 11.4 Å². The molecule has 0 spiro atoms. The molecule has 0 aliphatic carbocycles. The number of para-hydroxylation sites is 1. The van der Waals surface area contributed by atoms with Crippen molar-refractivity contribution in [2.45, 2.75) is 19.4 Å². The number of unbranched alkanes of at least 4 members (excludes halogenated alkanes) is 1. The van der Waals surface area contributed by atoms with Gasteiger partial charge in [-0.1, -0.05) is 46.9 Å². The number of hydrogen-bond donors (Lipinski definition) is 0. The minimum absolute atomic E-state index is 0.277. The summed E-state index contributed by atoms with van der Waals surface area (Å²) in [6, 6.07) is 10.0. The Hall–Kier alpha value is -1.95. The first kappa shape index (κ1) is 18.8. The molecule has 5 nitrogen and oxygen atoms in total. The summed E-state index contributed by atoms with van der Waals surface area (Å²) >= 11 is 18.2. The third-order valence-electron chi connectivity index (χ3n) is 3.83. The molecule has 0 bridgehead atoms. The number of nitrogens with zero attached hydrogens (tertiary/aromatic N) is 1. The first-order chi connectivity index (χ1) is 12.5. The van der Waals surface area contributed by atoms with Gasteiger partial charge in [0, 0.05) is 6.54 Å². The Morgan fingerprint density at radius 2 is 1.69 bits per heavy atom. The SMILES string of the molecule is O=c1oc(=O)n(CCCCOc2cccc(Cl)c2Cl)c2c(Cl)cccc12. The monoisotopic (exact) mass is 413 g/mol. The third-order valence-corrected chi connectivity index (χ3v) is 4.93. The van der Waals surface area contributed by atoms with Crippen LogP contribution in [0.1, 0.15) is 12.8 Å². The molecule has 0 aliphatic rings. The van der Waals surface area contributed by atoms with Gasteiger partial charge in [-0.05, 0) is 37.1 Å². The van der Waals surface area contributed by atoms with Crippen molar-refractivity contribution in [2.24, 2.45) is 0 Å². The van der Waals surface area contributed by atoms with Crippen LogP contribution < -0.4 is 16.1 Å². The van der Waals surface area contributed by atoms with Crippen LogP contribution in [0.4, 0.5) is 0 Å². The molecule has 0 atom stereocenters. The Labute approximate surface area is 163 Å². The van der Waals surface area contributed by atoms with Gasteiger partial charge in [-0.15, -0.1) is 0 Å². The molecule has 0 unspecified atom stereocenters. The zero-order valence-corrected chi connectivity index (χ0v) is 15.8. The molecule has 0 saturated carbocycles. The van der Waals surface area contributed by atoms with E-state index in [2.05, 4.69) is 0 Å². The van der Waals surface area contributed by atoms with Gasteiger partial charge < -0.3 is 9.15 Å². The molecule has 26 heavy (non-hydrogen) atoms. The van der Waals surface area contributed by atoms with Crippen LogP contribution in [0.5, 0.6) is 5.75 Å². The lowest BCUT2D eigenvalue weighted by Crippen LogP contribution is -2.25. The molecule has 1 heterocycles. The first-order valence-corrected chi connectivity index (χ1v) is 9.01. The maximum absolute atomic E-state index is 12.0. The maximum atomic E-state index is 12.0. The molecule has 3 aromatic rings. The number of benzene rings is 2. The standard InChI is InChI=1S/C18H14Cl3NO4/c19-12-6-4-8-14(15(12)21)25-10-2-1-9-22-16-11(5-3-7-13(16)20)17(23)26-18(22)24/h3-8H,1-2,9-10H2. The smallest absolute Gasteiger partial charge is 0.422 e. The Balaban J connectivity index is 1.68. The summed E-state index contributed by atoms with van der Waals surface area (Å²) in [7, 11) is 0. The molecule has 3 rings (SSSR count). The van der Waals surface area contributed by atoms with Crippen molar-refractivity contribution in [2.75, 3.05) is 6.61 Å². The van der Waals surface area contributed by atoms with Crippen molar-refractivity contribution in [1.82, 2.24) is 4.57 Å². The predicted octanol–water partition coefficient (Wildman–Crippen LogP) is 4.77. The topological polar surface area (TPSA) is 61.4 Å². The minimum atomic E-state index is -0.727. The fourth-order valence-electron chi connectivity index (χ4n) is 2.59. The molecular formula is C18H14Cl3NO4. The second-order valence-corrected chi connectivity index (χ2v) is 6.74. The highest BCUT2D eigenvalue weighted by Gasteiger charge is 2.12. The van der Waals surface area contributed by atoms with Crippen LogP contribution in [-0.4, -0.2) is 11.2 Å². The highest BCUT2D eigenvalue weighted by molar-refractivity contribution is 6.42. The van der Waals surface area contributed by atoms with Crippen LogP contribution in [0.15, 0.2) is 50.4 Å². The van der Waals surface area contributed by atoms with E-state index >= 15 is 0 Å². The van der Waals surface area contributed by atoms with Crippen molar-refractivity contribution < 1.29 is 9.15 Å². The lowest BCUT2D eigenvalue weighted by atomic mass is 10.2. The van der Waals surface area contributed by atoms with Crippen molar-refractivity contribution in [3.8, 4) is 5.75 Å². The van der Waals surface area contributed by atoms with E-state index in [0.717, 1.165) is 0 Å². The minimum Gasteiger partial charge on any atom is -0.492 e. The Morgan fingerprint density at radius 1 is 0.962 bits per heavy atom. The van der Waals surface area contributed by atoms with E-state index in [-0.39, 0.29) is 5.39 Å². The summed E-state index contributed by atoms with van der Waals surface area (Å²) in [6.07, 6.45) is 1.27. The average molecular weight is 415 g/mol.